The number of rotatable bonds is 4. The molecule has 1 amide bonds. The normalized spacial score (nSPS) is 13.1. The minimum Gasteiger partial charge on any atom is -0.444 e. The van der Waals surface area contributed by atoms with Crippen molar-refractivity contribution >= 4 is 17.3 Å². The van der Waals surface area contributed by atoms with E-state index < -0.39 is 11.7 Å². The first kappa shape index (κ1) is 15.3. The van der Waals surface area contributed by atoms with E-state index >= 15 is 0 Å². The molecule has 114 valence electrons. The zero-order valence-electron chi connectivity index (χ0n) is 13.0. The molecule has 0 aliphatic rings. The fourth-order valence-electron chi connectivity index (χ4n) is 2.03. The minimum atomic E-state index is -0.492. The Morgan fingerprint density at radius 3 is 2.86 bits per heavy atom. The van der Waals surface area contributed by atoms with E-state index in [0.29, 0.717) is 12.2 Å². The third kappa shape index (κ3) is 4.18. The number of ether oxygens (including phenoxy) is 1. The molecule has 0 bridgehead atoms. The number of pyridine rings is 1. The van der Waals surface area contributed by atoms with Gasteiger partial charge in [0, 0.05) is 18.8 Å². The number of amides is 1. The Kier molecular flexibility index (Phi) is 4.45. The predicted octanol–water partition coefficient (Wildman–Crippen LogP) is 2.73. The van der Waals surface area contributed by atoms with Crippen LogP contribution in [0.25, 0.3) is 11.2 Å². The molecule has 0 radical (unpaired) electrons. The Balaban J connectivity index is 2.04. The molecule has 6 heteroatoms. The van der Waals surface area contributed by atoms with Crippen LogP contribution in [0.2, 0.25) is 0 Å². The van der Waals surface area contributed by atoms with Crippen LogP contribution in [-0.2, 0) is 11.3 Å². The molecule has 21 heavy (non-hydrogen) atoms. The van der Waals surface area contributed by atoms with E-state index in [1.807, 2.05) is 44.4 Å². The summed E-state index contributed by atoms with van der Waals surface area (Å²) < 4.78 is 7.28. The lowest BCUT2D eigenvalue weighted by atomic mass is 10.2. The molecule has 1 N–H and O–H groups in total. The molecule has 0 fully saturated rings. The van der Waals surface area contributed by atoms with Crippen molar-refractivity contribution in [1.29, 1.82) is 0 Å². The van der Waals surface area contributed by atoms with Crippen molar-refractivity contribution in [1.82, 2.24) is 19.9 Å². The van der Waals surface area contributed by atoms with Crippen LogP contribution in [0.15, 0.2) is 24.7 Å². The summed E-state index contributed by atoms with van der Waals surface area (Å²) in [6, 6.07) is 3.83. The number of carbonyl (C=O) groups is 1. The molecule has 0 aliphatic heterocycles. The second-order valence-corrected chi connectivity index (χ2v) is 5.99. The lowest BCUT2D eigenvalue weighted by Gasteiger charge is -2.23. The summed E-state index contributed by atoms with van der Waals surface area (Å²) in [6.45, 7) is 8.21. The van der Waals surface area contributed by atoms with Crippen molar-refractivity contribution in [2.45, 2.75) is 52.3 Å². The molecule has 0 saturated heterocycles. The Bertz CT molecular complexity index is 615. The summed E-state index contributed by atoms with van der Waals surface area (Å²) >= 11 is 0. The first-order valence-electron chi connectivity index (χ1n) is 7.14. The Morgan fingerprint density at radius 2 is 2.19 bits per heavy atom. The van der Waals surface area contributed by atoms with Crippen LogP contribution in [-0.4, -0.2) is 32.3 Å². The lowest BCUT2D eigenvalue weighted by molar-refractivity contribution is 0.0498. The van der Waals surface area contributed by atoms with Gasteiger partial charge in [-0.1, -0.05) is 6.92 Å². The van der Waals surface area contributed by atoms with Crippen LogP contribution in [0.3, 0.4) is 0 Å². The molecule has 1 unspecified atom stereocenters. The number of aromatic nitrogens is 3. The maximum atomic E-state index is 11.8. The Hall–Kier alpha value is -2.11. The SMILES string of the molecule is CCC(Cn1cnc2ncccc21)NC(=O)OC(C)(C)C. The highest BCUT2D eigenvalue weighted by molar-refractivity contribution is 5.70. The smallest absolute Gasteiger partial charge is 0.407 e. The fourth-order valence-corrected chi connectivity index (χ4v) is 2.03. The van der Waals surface area contributed by atoms with Crippen LogP contribution >= 0.6 is 0 Å². The van der Waals surface area contributed by atoms with Crippen molar-refractivity contribution in [3.05, 3.63) is 24.7 Å². The fraction of sp³-hybridized carbons (Fsp3) is 0.533. The maximum absolute atomic E-state index is 11.8. The van der Waals surface area contributed by atoms with Crippen molar-refractivity contribution in [2.24, 2.45) is 0 Å². The van der Waals surface area contributed by atoms with Gasteiger partial charge in [0.05, 0.1) is 11.8 Å². The molecule has 2 heterocycles. The standard InChI is InChI=1S/C15H22N4O2/c1-5-11(18-14(20)21-15(2,3)4)9-19-10-17-13-12(19)7-6-8-16-13/h6-8,10-11H,5,9H2,1-4H3,(H,18,20). The summed E-state index contributed by atoms with van der Waals surface area (Å²) in [6.07, 6.45) is 3.88. The highest BCUT2D eigenvalue weighted by atomic mass is 16.6. The number of nitrogens with one attached hydrogen (secondary N) is 1. The zero-order chi connectivity index (χ0) is 15.5. The van der Waals surface area contributed by atoms with E-state index in [9.17, 15) is 4.79 Å². The number of hydrogen-bond donors (Lipinski definition) is 1. The van der Waals surface area contributed by atoms with Gasteiger partial charge in [-0.15, -0.1) is 0 Å². The molecule has 6 nitrogen and oxygen atoms in total. The van der Waals surface area contributed by atoms with E-state index in [-0.39, 0.29) is 6.04 Å². The maximum Gasteiger partial charge on any atom is 0.407 e. The summed E-state index contributed by atoms with van der Waals surface area (Å²) in [5, 5.41) is 2.90. The van der Waals surface area contributed by atoms with Gasteiger partial charge in [-0.25, -0.2) is 14.8 Å². The monoisotopic (exact) mass is 290 g/mol. The van der Waals surface area contributed by atoms with E-state index in [0.717, 1.165) is 11.9 Å². The Labute approximate surface area is 124 Å². The largest absolute Gasteiger partial charge is 0.444 e. The van der Waals surface area contributed by atoms with Crippen LogP contribution in [0, 0.1) is 0 Å². The van der Waals surface area contributed by atoms with Gasteiger partial charge in [0.1, 0.15) is 5.60 Å². The molecule has 2 aromatic rings. The van der Waals surface area contributed by atoms with E-state index in [2.05, 4.69) is 15.3 Å². The molecule has 0 aromatic carbocycles. The summed E-state index contributed by atoms with van der Waals surface area (Å²) in [5.74, 6) is 0. The number of nitrogens with zero attached hydrogens (tertiary/aromatic N) is 3. The van der Waals surface area contributed by atoms with E-state index in [4.69, 9.17) is 4.74 Å². The second-order valence-electron chi connectivity index (χ2n) is 5.99. The van der Waals surface area contributed by atoms with Gasteiger partial charge in [0.15, 0.2) is 5.65 Å². The van der Waals surface area contributed by atoms with Crippen molar-refractivity contribution in [2.75, 3.05) is 0 Å². The minimum absolute atomic E-state index is 0.0162. The highest BCUT2D eigenvalue weighted by Crippen LogP contribution is 2.11. The van der Waals surface area contributed by atoms with Crippen LogP contribution in [0.5, 0.6) is 0 Å². The topological polar surface area (TPSA) is 69.0 Å². The van der Waals surface area contributed by atoms with E-state index in [1.54, 1.807) is 12.5 Å². The number of hydrogen-bond acceptors (Lipinski definition) is 4. The quantitative estimate of drug-likeness (QED) is 0.940. The van der Waals surface area contributed by atoms with Crippen LogP contribution < -0.4 is 5.32 Å². The van der Waals surface area contributed by atoms with Gasteiger partial charge in [-0.2, -0.15) is 0 Å². The third-order valence-corrected chi connectivity index (χ3v) is 3.03. The van der Waals surface area contributed by atoms with Gasteiger partial charge >= 0.3 is 6.09 Å². The highest BCUT2D eigenvalue weighted by Gasteiger charge is 2.19. The molecule has 0 aliphatic carbocycles. The molecule has 2 rings (SSSR count). The van der Waals surface area contributed by atoms with E-state index in [1.165, 1.54) is 0 Å². The predicted molar refractivity (Wildman–Crippen MR) is 81.0 cm³/mol. The average molecular weight is 290 g/mol. The number of fused-ring (bicyclic) bond motifs is 1. The summed E-state index contributed by atoms with van der Waals surface area (Å²) in [7, 11) is 0. The first-order valence-corrected chi connectivity index (χ1v) is 7.14. The first-order chi connectivity index (χ1) is 9.89. The lowest BCUT2D eigenvalue weighted by Crippen LogP contribution is -2.40. The molecule has 0 saturated carbocycles. The third-order valence-electron chi connectivity index (χ3n) is 3.03. The van der Waals surface area contributed by atoms with Crippen LogP contribution in [0.1, 0.15) is 34.1 Å². The molecule has 2 aromatic heterocycles. The Morgan fingerprint density at radius 1 is 1.43 bits per heavy atom. The van der Waals surface area contributed by atoms with Crippen molar-refractivity contribution in [3.63, 3.8) is 0 Å². The van der Waals surface area contributed by atoms with Gasteiger partial charge in [-0.3, -0.25) is 0 Å². The molecule has 1 atom stereocenters. The second kappa shape index (κ2) is 6.11. The zero-order valence-corrected chi connectivity index (χ0v) is 13.0. The average Bonchev–Trinajstić information content (AvgIpc) is 2.79. The summed E-state index contributed by atoms with van der Waals surface area (Å²) in [5.41, 5.74) is 1.18. The number of alkyl carbamates (subject to hydrolysis) is 1. The number of imidazole rings is 1. The molecule has 0 spiro atoms. The van der Waals surface area contributed by atoms with Gasteiger partial charge in [0.2, 0.25) is 0 Å². The molecular formula is C15H22N4O2. The summed E-state index contributed by atoms with van der Waals surface area (Å²) in [4.78, 5) is 20.3. The van der Waals surface area contributed by atoms with Crippen molar-refractivity contribution < 1.29 is 9.53 Å². The van der Waals surface area contributed by atoms with Crippen LogP contribution in [0.4, 0.5) is 4.79 Å². The van der Waals surface area contributed by atoms with Crippen molar-refractivity contribution in [3.8, 4) is 0 Å². The van der Waals surface area contributed by atoms with Gasteiger partial charge in [0.25, 0.3) is 0 Å². The van der Waals surface area contributed by atoms with Gasteiger partial charge in [-0.05, 0) is 39.3 Å². The molecular weight excluding hydrogens is 268 g/mol. The van der Waals surface area contributed by atoms with Gasteiger partial charge < -0.3 is 14.6 Å². The number of carbonyl (C=O) groups excluding carboxylic acids is 1.